The summed E-state index contributed by atoms with van der Waals surface area (Å²) in [6, 6.07) is 4.07. The molecule has 0 spiro atoms. The van der Waals surface area contributed by atoms with E-state index in [-0.39, 0.29) is 0 Å². The molecule has 0 fully saturated rings. The summed E-state index contributed by atoms with van der Waals surface area (Å²) in [5.41, 5.74) is 0. The van der Waals surface area contributed by atoms with Crippen LogP contribution in [-0.4, -0.2) is 21.3 Å². The lowest BCUT2D eigenvalue weighted by atomic mass is 10.4. The van der Waals surface area contributed by atoms with E-state index in [1.165, 1.54) is 4.90 Å². The minimum atomic E-state index is 0.931. The van der Waals surface area contributed by atoms with Gasteiger partial charge in [-0.25, -0.2) is 4.98 Å². The molecule has 0 aliphatic heterocycles. The number of rotatable bonds is 5. The third kappa shape index (κ3) is 3.49. The molecule has 0 unspecified atom stereocenters. The van der Waals surface area contributed by atoms with Gasteiger partial charge in [0, 0.05) is 30.9 Å². The molecule has 0 bridgehead atoms. The van der Waals surface area contributed by atoms with Crippen molar-refractivity contribution >= 4 is 17.6 Å². The SMILES string of the molecule is CCCNc1cc(Sc2cnn(C)c2)ccn1. The first-order valence-corrected chi connectivity index (χ1v) is 6.46. The van der Waals surface area contributed by atoms with Gasteiger partial charge in [-0.15, -0.1) is 0 Å². The van der Waals surface area contributed by atoms with Crippen molar-refractivity contribution in [2.75, 3.05) is 11.9 Å². The second kappa shape index (κ2) is 5.72. The molecule has 90 valence electrons. The molecular formula is C12H16N4S. The molecule has 5 heteroatoms. The van der Waals surface area contributed by atoms with Crippen LogP contribution in [0.1, 0.15) is 13.3 Å². The summed E-state index contributed by atoms with van der Waals surface area (Å²) < 4.78 is 1.81. The van der Waals surface area contributed by atoms with Gasteiger partial charge in [-0.1, -0.05) is 18.7 Å². The summed E-state index contributed by atoms with van der Waals surface area (Å²) in [6.45, 7) is 3.09. The Hall–Kier alpha value is -1.49. The van der Waals surface area contributed by atoms with E-state index < -0.39 is 0 Å². The van der Waals surface area contributed by atoms with Gasteiger partial charge in [0.1, 0.15) is 5.82 Å². The van der Waals surface area contributed by atoms with Crippen LogP contribution in [0.5, 0.6) is 0 Å². The molecule has 2 heterocycles. The van der Waals surface area contributed by atoms with Crippen LogP contribution in [0.2, 0.25) is 0 Å². The van der Waals surface area contributed by atoms with Gasteiger partial charge in [0.25, 0.3) is 0 Å². The molecule has 0 saturated heterocycles. The summed E-state index contributed by atoms with van der Waals surface area (Å²) >= 11 is 1.69. The maximum atomic E-state index is 4.28. The molecule has 0 aliphatic rings. The van der Waals surface area contributed by atoms with Crippen LogP contribution < -0.4 is 5.32 Å². The predicted molar refractivity (Wildman–Crippen MR) is 70.3 cm³/mol. The number of pyridine rings is 1. The summed E-state index contributed by atoms with van der Waals surface area (Å²) in [6.07, 6.45) is 6.80. The molecular weight excluding hydrogens is 232 g/mol. The van der Waals surface area contributed by atoms with E-state index >= 15 is 0 Å². The molecule has 0 aromatic carbocycles. The van der Waals surface area contributed by atoms with Gasteiger partial charge in [0.15, 0.2) is 0 Å². The second-order valence-electron chi connectivity index (χ2n) is 3.76. The molecule has 2 aromatic heterocycles. The monoisotopic (exact) mass is 248 g/mol. The van der Waals surface area contributed by atoms with Crippen molar-refractivity contribution in [1.29, 1.82) is 0 Å². The Morgan fingerprint density at radius 2 is 2.29 bits per heavy atom. The van der Waals surface area contributed by atoms with Crippen LogP contribution in [0.3, 0.4) is 0 Å². The van der Waals surface area contributed by atoms with E-state index in [0.29, 0.717) is 0 Å². The average Bonchev–Trinajstić information content (AvgIpc) is 2.73. The maximum Gasteiger partial charge on any atom is 0.127 e. The Bertz CT molecular complexity index is 481. The number of aryl methyl sites for hydroxylation is 1. The van der Waals surface area contributed by atoms with E-state index in [9.17, 15) is 0 Å². The first kappa shape index (κ1) is 12.0. The Morgan fingerprint density at radius 1 is 1.41 bits per heavy atom. The predicted octanol–water partition coefficient (Wildman–Crippen LogP) is 2.79. The molecule has 0 atom stereocenters. The number of nitrogens with zero attached hydrogens (tertiary/aromatic N) is 3. The number of hydrogen-bond donors (Lipinski definition) is 1. The van der Waals surface area contributed by atoms with Gasteiger partial charge in [-0.3, -0.25) is 4.68 Å². The van der Waals surface area contributed by atoms with Gasteiger partial charge < -0.3 is 5.32 Å². The molecule has 17 heavy (non-hydrogen) atoms. The quantitative estimate of drug-likeness (QED) is 0.883. The van der Waals surface area contributed by atoms with Crippen LogP contribution in [-0.2, 0) is 7.05 Å². The van der Waals surface area contributed by atoms with E-state index in [4.69, 9.17) is 0 Å². The fourth-order valence-electron chi connectivity index (χ4n) is 1.41. The van der Waals surface area contributed by atoms with Crippen molar-refractivity contribution in [2.24, 2.45) is 7.05 Å². The standard InChI is InChI=1S/C12H16N4S/c1-3-5-13-12-7-10(4-6-14-12)17-11-8-15-16(2)9-11/h4,6-9H,3,5H2,1-2H3,(H,13,14). The zero-order valence-electron chi connectivity index (χ0n) is 10.1. The molecule has 0 aliphatic carbocycles. The zero-order chi connectivity index (χ0) is 12.1. The largest absolute Gasteiger partial charge is 0.370 e. The molecule has 0 radical (unpaired) electrons. The third-order valence-electron chi connectivity index (χ3n) is 2.20. The van der Waals surface area contributed by atoms with Gasteiger partial charge in [-0.2, -0.15) is 5.10 Å². The number of hydrogen-bond acceptors (Lipinski definition) is 4. The van der Waals surface area contributed by atoms with Crippen LogP contribution in [0.15, 0.2) is 40.5 Å². The number of nitrogens with one attached hydrogen (secondary N) is 1. The molecule has 2 aromatic rings. The Balaban J connectivity index is 2.05. The van der Waals surface area contributed by atoms with Crippen molar-refractivity contribution in [3.63, 3.8) is 0 Å². The topological polar surface area (TPSA) is 42.7 Å². The molecule has 0 saturated carbocycles. The highest BCUT2D eigenvalue weighted by Crippen LogP contribution is 2.27. The van der Waals surface area contributed by atoms with Gasteiger partial charge in [0.2, 0.25) is 0 Å². The first-order valence-electron chi connectivity index (χ1n) is 5.64. The lowest BCUT2D eigenvalue weighted by molar-refractivity contribution is 0.766. The van der Waals surface area contributed by atoms with Gasteiger partial charge in [0.05, 0.1) is 11.1 Å². The zero-order valence-corrected chi connectivity index (χ0v) is 10.9. The molecule has 2 rings (SSSR count). The second-order valence-corrected chi connectivity index (χ2v) is 4.90. The molecule has 1 N–H and O–H groups in total. The Labute approximate surface area is 105 Å². The van der Waals surface area contributed by atoms with Crippen molar-refractivity contribution in [1.82, 2.24) is 14.8 Å². The Morgan fingerprint density at radius 3 is 3.00 bits per heavy atom. The van der Waals surface area contributed by atoms with E-state index in [0.717, 1.165) is 23.7 Å². The third-order valence-corrected chi connectivity index (χ3v) is 3.14. The van der Waals surface area contributed by atoms with Crippen molar-refractivity contribution < 1.29 is 0 Å². The lowest BCUT2D eigenvalue weighted by Crippen LogP contribution is -2.01. The minimum Gasteiger partial charge on any atom is -0.370 e. The number of anilines is 1. The molecule has 0 amide bonds. The van der Waals surface area contributed by atoms with Crippen LogP contribution in [0.25, 0.3) is 0 Å². The average molecular weight is 248 g/mol. The number of aromatic nitrogens is 3. The van der Waals surface area contributed by atoms with Crippen molar-refractivity contribution in [2.45, 2.75) is 23.1 Å². The fourth-order valence-corrected chi connectivity index (χ4v) is 2.29. The smallest absolute Gasteiger partial charge is 0.127 e. The Kier molecular flexibility index (Phi) is 4.03. The highest BCUT2D eigenvalue weighted by molar-refractivity contribution is 7.99. The van der Waals surface area contributed by atoms with E-state index in [2.05, 4.69) is 28.4 Å². The van der Waals surface area contributed by atoms with Crippen LogP contribution in [0.4, 0.5) is 5.82 Å². The normalized spacial score (nSPS) is 10.5. The van der Waals surface area contributed by atoms with Gasteiger partial charge in [-0.05, 0) is 18.6 Å². The van der Waals surface area contributed by atoms with E-state index in [1.807, 2.05) is 31.7 Å². The fraction of sp³-hybridized carbons (Fsp3) is 0.333. The van der Waals surface area contributed by atoms with Crippen LogP contribution >= 0.6 is 11.8 Å². The highest BCUT2D eigenvalue weighted by Gasteiger charge is 2.01. The summed E-state index contributed by atoms with van der Waals surface area (Å²) in [5.74, 6) is 0.931. The summed E-state index contributed by atoms with van der Waals surface area (Å²) in [5, 5.41) is 7.43. The first-order chi connectivity index (χ1) is 8.28. The van der Waals surface area contributed by atoms with Crippen LogP contribution in [0, 0.1) is 0 Å². The van der Waals surface area contributed by atoms with Crippen molar-refractivity contribution in [3.05, 3.63) is 30.7 Å². The molecule has 4 nitrogen and oxygen atoms in total. The van der Waals surface area contributed by atoms with Gasteiger partial charge >= 0.3 is 0 Å². The summed E-state index contributed by atoms with van der Waals surface area (Å²) in [4.78, 5) is 6.59. The summed E-state index contributed by atoms with van der Waals surface area (Å²) in [7, 11) is 1.92. The van der Waals surface area contributed by atoms with E-state index in [1.54, 1.807) is 16.4 Å². The lowest BCUT2D eigenvalue weighted by Gasteiger charge is -2.05. The highest BCUT2D eigenvalue weighted by atomic mass is 32.2. The minimum absolute atomic E-state index is 0.931. The maximum absolute atomic E-state index is 4.28. The van der Waals surface area contributed by atoms with Crippen molar-refractivity contribution in [3.8, 4) is 0 Å².